The van der Waals surface area contributed by atoms with Gasteiger partial charge in [-0.1, -0.05) is 12.1 Å². The van der Waals surface area contributed by atoms with Crippen molar-refractivity contribution in [2.24, 2.45) is 0 Å². The van der Waals surface area contributed by atoms with Crippen molar-refractivity contribution >= 4 is 21.7 Å². The van der Waals surface area contributed by atoms with Crippen LogP contribution in [0.3, 0.4) is 0 Å². The van der Waals surface area contributed by atoms with Crippen molar-refractivity contribution in [2.45, 2.75) is 18.7 Å². The third kappa shape index (κ3) is 3.09. The Labute approximate surface area is 127 Å². The molecule has 1 N–H and O–H groups in total. The number of carbonyl (C=O) groups is 1. The van der Waals surface area contributed by atoms with Crippen molar-refractivity contribution in [1.82, 2.24) is 0 Å². The van der Waals surface area contributed by atoms with E-state index in [2.05, 4.69) is 4.72 Å². The van der Waals surface area contributed by atoms with E-state index < -0.39 is 21.8 Å². The molecule has 0 bridgehead atoms. The molecule has 0 aromatic heterocycles. The van der Waals surface area contributed by atoms with E-state index in [1.165, 1.54) is 24.3 Å². The summed E-state index contributed by atoms with van der Waals surface area (Å²) in [5.41, 5.74) is 0.403. The molecule has 0 unspecified atom stereocenters. The number of carboxylic acids is 1. The number of benzene rings is 2. The van der Waals surface area contributed by atoms with Crippen molar-refractivity contribution in [2.75, 3.05) is 4.72 Å². The predicted molar refractivity (Wildman–Crippen MR) is 77.5 cm³/mol. The minimum Gasteiger partial charge on any atom is -0.545 e. The minimum absolute atomic E-state index is 0.210. The number of sulfonamides is 1. The summed E-state index contributed by atoms with van der Waals surface area (Å²) in [6.07, 6.45) is 0. The number of carbonyl (C=O) groups excluding carboxylic acids is 1. The fourth-order valence-corrected chi connectivity index (χ4v) is 3.38. The molecule has 7 heteroatoms. The summed E-state index contributed by atoms with van der Waals surface area (Å²) in [5, 5.41) is 11.0. The Morgan fingerprint density at radius 2 is 1.82 bits per heavy atom. The van der Waals surface area contributed by atoms with Gasteiger partial charge >= 0.3 is 0 Å². The van der Waals surface area contributed by atoms with Crippen LogP contribution in [0.5, 0.6) is 0 Å². The number of carboxylic acid groups (broad SMARTS) is 1. The summed E-state index contributed by atoms with van der Waals surface area (Å²) in [5.74, 6) is -2.21. The van der Waals surface area contributed by atoms with Crippen LogP contribution >= 0.6 is 0 Å². The average molecular weight is 322 g/mol. The Morgan fingerprint density at radius 3 is 2.41 bits per heavy atom. The molecule has 0 amide bonds. The topological polar surface area (TPSA) is 86.3 Å². The van der Waals surface area contributed by atoms with Gasteiger partial charge in [0.15, 0.2) is 0 Å². The fourth-order valence-electron chi connectivity index (χ4n) is 1.97. The van der Waals surface area contributed by atoms with Gasteiger partial charge in [0.2, 0.25) is 0 Å². The Kier molecular flexibility index (Phi) is 4.18. The van der Waals surface area contributed by atoms with Gasteiger partial charge in [0.25, 0.3) is 10.0 Å². The average Bonchev–Trinajstić information content (AvgIpc) is 2.43. The van der Waals surface area contributed by atoms with Crippen LogP contribution in [0.15, 0.2) is 41.3 Å². The molecule has 0 saturated carbocycles. The molecule has 5 nitrogen and oxygen atoms in total. The summed E-state index contributed by atoms with van der Waals surface area (Å²) in [6.45, 7) is 3.13. The number of anilines is 1. The highest BCUT2D eigenvalue weighted by molar-refractivity contribution is 7.92. The molecule has 116 valence electrons. The summed E-state index contributed by atoms with van der Waals surface area (Å²) >= 11 is 0. The summed E-state index contributed by atoms with van der Waals surface area (Å²) in [7, 11) is -4.13. The Hall–Kier alpha value is -2.41. The second kappa shape index (κ2) is 5.76. The number of hydrogen-bond acceptors (Lipinski definition) is 4. The van der Waals surface area contributed by atoms with Crippen LogP contribution < -0.4 is 9.83 Å². The first-order valence-corrected chi connectivity index (χ1v) is 7.80. The lowest BCUT2D eigenvalue weighted by Crippen LogP contribution is -2.24. The van der Waals surface area contributed by atoms with Gasteiger partial charge in [-0.05, 0) is 54.8 Å². The zero-order chi connectivity index (χ0) is 16.5. The lowest BCUT2D eigenvalue weighted by molar-refractivity contribution is -0.255. The fraction of sp³-hybridized carbons (Fsp3) is 0.133. The summed E-state index contributed by atoms with van der Waals surface area (Å²) in [4.78, 5) is 10.7. The third-order valence-electron chi connectivity index (χ3n) is 3.26. The molecule has 0 spiro atoms. The third-order valence-corrected chi connectivity index (χ3v) is 4.75. The van der Waals surface area contributed by atoms with E-state index in [4.69, 9.17) is 0 Å². The smallest absolute Gasteiger partial charge is 0.262 e. The standard InChI is InChI=1S/C15H14FNO4S/c1-9-7-11(15(18)19)8-14(10(9)2)22(20,21)17-13-6-4-3-5-12(13)16/h3-8,17H,1-2H3,(H,18,19)/p-1. The van der Waals surface area contributed by atoms with E-state index in [1.807, 2.05) is 0 Å². The van der Waals surface area contributed by atoms with Gasteiger partial charge in [0.05, 0.1) is 16.6 Å². The number of nitrogens with one attached hydrogen (secondary N) is 1. The quantitative estimate of drug-likeness (QED) is 0.926. The van der Waals surface area contributed by atoms with Crippen molar-refractivity contribution in [1.29, 1.82) is 0 Å². The molecule has 2 aromatic rings. The number of hydrogen-bond donors (Lipinski definition) is 1. The van der Waals surface area contributed by atoms with Gasteiger partial charge in [-0.15, -0.1) is 0 Å². The minimum atomic E-state index is -4.13. The molecule has 22 heavy (non-hydrogen) atoms. The predicted octanol–water partition coefficient (Wildman–Crippen LogP) is 1.61. The van der Waals surface area contributed by atoms with Gasteiger partial charge in [-0.25, -0.2) is 12.8 Å². The number of rotatable bonds is 4. The number of halogens is 1. The second-order valence-corrected chi connectivity index (χ2v) is 6.44. The van der Waals surface area contributed by atoms with E-state index in [-0.39, 0.29) is 16.1 Å². The van der Waals surface area contributed by atoms with E-state index >= 15 is 0 Å². The Balaban J connectivity index is 2.54. The SMILES string of the molecule is Cc1cc(C(=O)[O-])cc(S(=O)(=O)Nc2ccccc2F)c1C. The van der Waals surface area contributed by atoms with Crippen LogP contribution in [-0.2, 0) is 10.0 Å². The number of aryl methyl sites for hydroxylation is 1. The van der Waals surface area contributed by atoms with E-state index in [9.17, 15) is 22.7 Å². The van der Waals surface area contributed by atoms with Gasteiger partial charge in [-0.2, -0.15) is 0 Å². The Bertz CT molecular complexity index is 847. The normalized spacial score (nSPS) is 11.2. The van der Waals surface area contributed by atoms with Crippen molar-refractivity contribution in [3.63, 3.8) is 0 Å². The lowest BCUT2D eigenvalue weighted by atomic mass is 10.1. The highest BCUT2D eigenvalue weighted by Crippen LogP contribution is 2.24. The molecule has 0 aliphatic carbocycles. The molecule has 0 aliphatic rings. The van der Waals surface area contributed by atoms with Crippen LogP contribution in [0.4, 0.5) is 10.1 Å². The molecule has 0 saturated heterocycles. The van der Waals surface area contributed by atoms with Crippen LogP contribution in [0.25, 0.3) is 0 Å². The monoisotopic (exact) mass is 322 g/mol. The van der Waals surface area contributed by atoms with Crippen LogP contribution in [0, 0.1) is 19.7 Å². The van der Waals surface area contributed by atoms with Gasteiger partial charge < -0.3 is 9.90 Å². The van der Waals surface area contributed by atoms with Crippen molar-refractivity contribution in [3.8, 4) is 0 Å². The first kappa shape index (κ1) is 16.0. The maximum Gasteiger partial charge on any atom is 0.262 e. The zero-order valence-corrected chi connectivity index (χ0v) is 12.7. The summed E-state index contributed by atoms with van der Waals surface area (Å²) < 4.78 is 40.5. The molecule has 2 aromatic carbocycles. The second-order valence-electron chi connectivity index (χ2n) is 4.79. The Morgan fingerprint density at radius 1 is 1.18 bits per heavy atom. The maximum atomic E-state index is 13.6. The molecule has 0 radical (unpaired) electrons. The van der Waals surface area contributed by atoms with E-state index in [0.717, 1.165) is 12.1 Å². The van der Waals surface area contributed by atoms with Gasteiger partial charge in [-0.3, -0.25) is 4.72 Å². The van der Waals surface area contributed by atoms with Crippen LogP contribution in [-0.4, -0.2) is 14.4 Å². The molecule has 0 heterocycles. The summed E-state index contributed by atoms with van der Waals surface area (Å²) in [6, 6.07) is 7.63. The van der Waals surface area contributed by atoms with Crippen LogP contribution in [0.2, 0.25) is 0 Å². The van der Waals surface area contributed by atoms with E-state index in [0.29, 0.717) is 11.1 Å². The largest absolute Gasteiger partial charge is 0.545 e. The van der Waals surface area contributed by atoms with Crippen molar-refractivity contribution in [3.05, 3.63) is 58.9 Å². The molecule has 2 rings (SSSR count). The van der Waals surface area contributed by atoms with E-state index in [1.54, 1.807) is 13.8 Å². The molecule has 0 atom stereocenters. The highest BCUT2D eigenvalue weighted by Gasteiger charge is 2.20. The zero-order valence-electron chi connectivity index (χ0n) is 11.9. The molecular formula is C15H13FNO4S-. The molecular weight excluding hydrogens is 309 g/mol. The van der Waals surface area contributed by atoms with Gasteiger partial charge in [0, 0.05) is 0 Å². The van der Waals surface area contributed by atoms with Gasteiger partial charge in [0.1, 0.15) is 5.82 Å². The first-order valence-electron chi connectivity index (χ1n) is 6.32. The first-order chi connectivity index (χ1) is 10.2. The highest BCUT2D eigenvalue weighted by atomic mass is 32.2. The maximum absolute atomic E-state index is 13.6. The van der Waals surface area contributed by atoms with Crippen molar-refractivity contribution < 1.29 is 22.7 Å². The number of aromatic carboxylic acids is 1. The lowest BCUT2D eigenvalue weighted by Gasteiger charge is -2.15. The molecule has 0 aliphatic heterocycles. The number of para-hydroxylation sites is 1. The van der Waals surface area contributed by atoms with Crippen LogP contribution in [0.1, 0.15) is 21.5 Å². The molecule has 0 fully saturated rings.